The lowest BCUT2D eigenvalue weighted by Gasteiger charge is -2.20. The van der Waals surface area contributed by atoms with E-state index in [1.165, 1.54) is 98.7 Å². The molecule has 0 bridgehead atoms. The smallest absolute Gasteiger partial charge is 0.122 e. The first kappa shape index (κ1) is 36.3. The molecular weight excluding hydrogens is 777 g/mol. The number of allylic oxidation sites excluding steroid dienone is 4. The minimum absolute atomic E-state index is 0.167. The van der Waals surface area contributed by atoms with Gasteiger partial charge in [-0.15, -0.1) is 0 Å². The van der Waals surface area contributed by atoms with E-state index in [0.29, 0.717) is 0 Å². The van der Waals surface area contributed by atoms with Gasteiger partial charge in [0.2, 0.25) is 0 Å². The van der Waals surface area contributed by atoms with Crippen LogP contribution >= 0.6 is 0 Å². The van der Waals surface area contributed by atoms with Gasteiger partial charge in [0, 0.05) is 24.8 Å². The van der Waals surface area contributed by atoms with Gasteiger partial charge in [-0.2, -0.15) is 0 Å². The van der Waals surface area contributed by atoms with Crippen molar-refractivity contribution in [3.63, 3.8) is 0 Å². The van der Waals surface area contributed by atoms with Crippen LogP contribution in [0.5, 0.6) is 0 Å². The van der Waals surface area contributed by atoms with E-state index in [1.54, 1.807) is 0 Å². The van der Waals surface area contributed by atoms with E-state index in [9.17, 15) is 0 Å². The van der Waals surface area contributed by atoms with E-state index in [2.05, 4.69) is 252 Å². The number of hydrogen-bond donors (Lipinski definition) is 2. The fourth-order valence-electron chi connectivity index (χ4n) is 10.5. The minimum Gasteiger partial charge on any atom is -0.360 e. The molecule has 0 aromatic heterocycles. The van der Waals surface area contributed by atoms with Gasteiger partial charge in [0.1, 0.15) is 12.3 Å². The Morgan fingerprint density at radius 3 is 0.781 bits per heavy atom. The summed E-state index contributed by atoms with van der Waals surface area (Å²) < 4.78 is 0. The highest BCUT2D eigenvalue weighted by molar-refractivity contribution is 6.23. The van der Waals surface area contributed by atoms with Gasteiger partial charge in [0.15, 0.2) is 0 Å². The molecule has 4 heterocycles. The Labute approximate surface area is 372 Å². The van der Waals surface area contributed by atoms with Crippen molar-refractivity contribution in [1.82, 2.24) is 20.4 Å². The molecule has 2 N–H and O–H groups in total. The van der Waals surface area contributed by atoms with Crippen LogP contribution in [-0.4, -0.2) is 22.1 Å². The van der Waals surface area contributed by atoms with Gasteiger partial charge in [-0.05, 0) is 123 Å². The largest absolute Gasteiger partial charge is 0.360 e. The fourth-order valence-corrected chi connectivity index (χ4v) is 10.5. The van der Waals surface area contributed by atoms with Crippen molar-refractivity contribution in [3.05, 3.63) is 242 Å². The molecule has 4 aliphatic rings. The molecule has 0 aliphatic carbocycles. The van der Waals surface area contributed by atoms with Crippen LogP contribution in [0, 0.1) is 0 Å². The van der Waals surface area contributed by atoms with Crippen LogP contribution in [0.4, 0.5) is 0 Å². The second-order valence-corrected chi connectivity index (χ2v) is 17.0. The van der Waals surface area contributed by atoms with Crippen molar-refractivity contribution in [1.29, 1.82) is 0 Å². The third-order valence-corrected chi connectivity index (χ3v) is 13.4. The van der Waals surface area contributed by atoms with E-state index in [-0.39, 0.29) is 12.3 Å². The van der Waals surface area contributed by atoms with Crippen LogP contribution in [0.2, 0.25) is 0 Å². The van der Waals surface area contributed by atoms with Gasteiger partial charge < -0.3 is 20.4 Å². The lowest BCUT2D eigenvalue weighted by atomic mass is 9.84. The maximum atomic E-state index is 3.65. The third kappa shape index (κ3) is 5.84. The molecule has 0 saturated carbocycles. The zero-order chi connectivity index (χ0) is 42.1. The van der Waals surface area contributed by atoms with Gasteiger partial charge in [-0.3, -0.25) is 0 Å². The number of hydrogen-bond acceptors (Lipinski definition) is 4. The highest BCUT2D eigenvalue weighted by Gasteiger charge is 2.24. The van der Waals surface area contributed by atoms with Gasteiger partial charge in [0.25, 0.3) is 0 Å². The molecule has 4 heteroatoms. The molecule has 0 spiro atoms. The van der Waals surface area contributed by atoms with Gasteiger partial charge >= 0.3 is 0 Å². The highest BCUT2D eigenvalue weighted by atomic mass is 15.3. The lowest BCUT2D eigenvalue weighted by Crippen LogP contribution is -2.31. The van der Waals surface area contributed by atoms with Gasteiger partial charge in [-0.25, -0.2) is 0 Å². The summed E-state index contributed by atoms with van der Waals surface area (Å²) in [7, 11) is 0. The first-order valence-electron chi connectivity index (χ1n) is 22.1. The molecular formula is C60H42N4. The Kier molecular flexibility index (Phi) is 8.31. The third-order valence-electron chi connectivity index (χ3n) is 13.4. The minimum atomic E-state index is 0.167. The van der Waals surface area contributed by atoms with E-state index >= 15 is 0 Å². The summed E-state index contributed by atoms with van der Waals surface area (Å²) in [4.78, 5) is 4.42. The van der Waals surface area contributed by atoms with E-state index in [1.807, 2.05) is 0 Å². The Bertz CT molecular complexity index is 3200. The summed E-state index contributed by atoms with van der Waals surface area (Å²) >= 11 is 0. The Hall–Kier alpha value is -8.34. The quantitative estimate of drug-likeness (QED) is 0.164. The molecule has 64 heavy (non-hydrogen) atoms. The molecule has 13 rings (SSSR count). The van der Waals surface area contributed by atoms with Crippen molar-refractivity contribution in [2.45, 2.75) is 12.3 Å². The molecule has 9 aromatic rings. The predicted molar refractivity (Wildman–Crippen MR) is 268 cm³/mol. The van der Waals surface area contributed by atoms with Crippen LogP contribution in [0.1, 0.15) is 11.1 Å². The molecule has 4 aliphatic heterocycles. The Balaban J connectivity index is 0.895. The molecule has 302 valence electrons. The van der Waals surface area contributed by atoms with E-state index in [4.69, 9.17) is 0 Å². The summed E-state index contributed by atoms with van der Waals surface area (Å²) in [6.45, 7) is 0. The van der Waals surface area contributed by atoms with Crippen LogP contribution in [0.25, 0.3) is 99.0 Å². The van der Waals surface area contributed by atoms with Crippen molar-refractivity contribution < 1.29 is 0 Å². The molecule has 0 fully saturated rings. The summed E-state index contributed by atoms with van der Waals surface area (Å²) in [5, 5.41) is 17.3. The predicted octanol–water partition coefficient (Wildman–Crippen LogP) is 14.2. The van der Waals surface area contributed by atoms with Gasteiger partial charge in [0.05, 0.1) is 11.4 Å². The van der Waals surface area contributed by atoms with Crippen LogP contribution in [0.3, 0.4) is 0 Å². The van der Waals surface area contributed by atoms with Crippen molar-refractivity contribution >= 4 is 54.5 Å². The second-order valence-electron chi connectivity index (χ2n) is 17.0. The van der Waals surface area contributed by atoms with E-state index in [0.717, 1.165) is 11.4 Å². The van der Waals surface area contributed by atoms with Gasteiger partial charge in [-0.1, -0.05) is 182 Å². The zero-order valence-electron chi connectivity index (χ0n) is 35.0. The highest BCUT2D eigenvalue weighted by Crippen LogP contribution is 2.47. The van der Waals surface area contributed by atoms with Crippen LogP contribution < -0.4 is 10.6 Å². The van der Waals surface area contributed by atoms with Crippen molar-refractivity contribution in [2.75, 3.05) is 0 Å². The maximum absolute atomic E-state index is 3.65. The van der Waals surface area contributed by atoms with E-state index < -0.39 is 0 Å². The second kappa shape index (κ2) is 14.6. The first-order chi connectivity index (χ1) is 31.7. The average Bonchev–Trinajstić information content (AvgIpc) is 4.01. The van der Waals surface area contributed by atoms with Crippen molar-refractivity contribution in [3.8, 4) is 44.5 Å². The molecule has 9 aromatic carbocycles. The Morgan fingerprint density at radius 1 is 0.281 bits per heavy atom. The molecule has 0 saturated heterocycles. The number of nitrogens with zero attached hydrogens (tertiary/aromatic N) is 2. The fraction of sp³-hybridized carbons (Fsp3) is 0.0333. The van der Waals surface area contributed by atoms with Crippen LogP contribution in [0.15, 0.2) is 231 Å². The standard InChI is InChI=1S/C60H42N4/c1-5-17-49-45(13-1)57(41-27-23-39(24-28-41)53-37-63-35-11-9-21-55(63)61-53)46-14-2-6-18-50(46)59(49)43-31-33-44(34-32-43)60-51-19-7-3-15-47(51)58(48-16-4-8-20-52(48)60)42-29-25-40(26-30-42)54-38-64-36-12-10-22-56(64)62-54/h1-38,55-56,61-62H. The van der Waals surface area contributed by atoms with Crippen molar-refractivity contribution in [2.24, 2.45) is 0 Å². The number of fused-ring (bicyclic) bond motifs is 6. The average molecular weight is 819 g/mol. The monoisotopic (exact) mass is 818 g/mol. The maximum Gasteiger partial charge on any atom is 0.122 e. The SMILES string of the molecule is C1=CC2NC(c3ccc(-c4c5ccccc5c(-c5ccc(-c6c7ccccc7c(-c7ccc(C8=CN9C=CC=CC9N8)cc7)c7ccccc67)cc5)c5ccccc45)cc3)=CN2C=C1. The first-order valence-corrected chi connectivity index (χ1v) is 22.1. The molecule has 0 amide bonds. The number of rotatable bonds is 6. The zero-order valence-corrected chi connectivity index (χ0v) is 35.0. The summed E-state index contributed by atoms with van der Waals surface area (Å²) in [5.74, 6) is 0. The lowest BCUT2D eigenvalue weighted by molar-refractivity contribution is 0.427. The summed E-state index contributed by atoms with van der Waals surface area (Å²) in [5.41, 5.74) is 14.5. The summed E-state index contributed by atoms with van der Waals surface area (Å²) in [6, 6.07) is 63.1. The summed E-state index contributed by atoms with van der Waals surface area (Å²) in [6.07, 6.45) is 21.6. The molecule has 0 radical (unpaired) electrons. The molecule has 2 atom stereocenters. The normalized spacial score (nSPS) is 17.2. The van der Waals surface area contributed by atoms with Crippen LogP contribution in [-0.2, 0) is 0 Å². The molecule has 2 unspecified atom stereocenters. The number of benzene rings is 9. The number of nitrogens with one attached hydrogen (secondary N) is 2. The topological polar surface area (TPSA) is 30.5 Å². The Morgan fingerprint density at radius 2 is 0.531 bits per heavy atom. The molecule has 4 nitrogen and oxygen atoms in total.